The lowest BCUT2D eigenvalue weighted by Crippen LogP contribution is -1.93. The molecule has 0 unspecified atom stereocenters. The Morgan fingerprint density at radius 2 is 0.750 bits per heavy atom. The maximum Gasteiger partial charge on any atom is 0.178 e. The maximum atomic E-state index is 6.58. The van der Waals surface area contributed by atoms with Crippen LogP contribution in [0.25, 0.3) is 110 Å². The van der Waals surface area contributed by atoms with Gasteiger partial charge in [0.05, 0.1) is 22.1 Å². The molecule has 0 radical (unpaired) electrons. The molecule has 4 nitrogen and oxygen atoms in total. The molecule has 0 saturated carbocycles. The van der Waals surface area contributed by atoms with Crippen LogP contribution >= 0.6 is 0 Å². The van der Waals surface area contributed by atoms with E-state index in [1.807, 2.05) is 0 Å². The summed E-state index contributed by atoms with van der Waals surface area (Å²) in [4.78, 5) is 0. The number of furan rings is 2. The predicted molar refractivity (Wildman–Crippen MR) is 215 cm³/mol. The summed E-state index contributed by atoms with van der Waals surface area (Å²) in [6.45, 7) is 0. The van der Waals surface area contributed by atoms with Crippen LogP contribution in [-0.2, 0) is 0 Å². The van der Waals surface area contributed by atoms with E-state index in [0.717, 1.165) is 60.8 Å². The van der Waals surface area contributed by atoms with Gasteiger partial charge < -0.3 is 18.0 Å². The molecule has 0 aliphatic carbocycles. The van der Waals surface area contributed by atoms with Crippen molar-refractivity contribution in [1.29, 1.82) is 0 Å². The van der Waals surface area contributed by atoms with Crippen LogP contribution in [0.2, 0.25) is 0 Å². The molecule has 0 bridgehead atoms. The van der Waals surface area contributed by atoms with Crippen LogP contribution in [-0.4, -0.2) is 9.13 Å². The smallest absolute Gasteiger partial charge is 0.178 e. The van der Waals surface area contributed by atoms with Crippen molar-refractivity contribution < 1.29 is 8.83 Å². The number of hydrogen-bond acceptors (Lipinski definition) is 2. The van der Waals surface area contributed by atoms with Gasteiger partial charge in [-0.05, 0) is 96.1 Å². The van der Waals surface area contributed by atoms with Gasteiger partial charge in [-0.2, -0.15) is 0 Å². The van der Waals surface area contributed by atoms with Gasteiger partial charge in [0.15, 0.2) is 11.2 Å². The SMILES string of the molecule is c1ccc(-n2c3ccccc3c3cc(-c4ccc5oc6c(ccc7c8cc(-n9c%10ccccc%10c%10ccccc%109)ccc8oc76)c5c4)ccc32)cc1. The van der Waals surface area contributed by atoms with Crippen molar-refractivity contribution >= 4 is 87.5 Å². The molecule has 0 atom stereocenters. The summed E-state index contributed by atoms with van der Waals surface area (Å²) in [6, 6.07) is 60.7. The Morgan fingerprint density at radius 3 is 1.38 bits per heavy atom. The Hall–Kier alpha value is -7.04. The number of para-hydroxylation sites is 4. The molecule has 4 heterocycles. The lowest BCUT2D eigenvalue weighted by molar-refractivity contribution is 0.633. The molecular formula is C48H28N2O2. The van der Waals surface area contributed by atoms with E-state index in [1.165, 1.54) is 49.2 Å². The summed E-state index contributed by atoms with van der Waals surface area (Å²) in [7, 11) is 0. The fourth-order valence-corrected chi connectivity index (χ4v) is 8.58. The Labute approximate surface area is 296 Å². The fourth-order valence-electron chi connectivity index (χ4n) is 8.58. The van der Waals surface area contributed by atoms with Gasteiger partial charge in [-0.15, -0.1) is 0 Å². The van der Waals surface area contributed by atoms with Crippen molar-refractivity contribution in [1.82, 2.24) is 9.13 Å². The molecule has 0 spiro atoms. The third kappa shape index (κ3) is 3.75. The number of rotatable bonds is 3. The average molecular weight is 665 g/mol. The summed E-state index contributed by atoms with van der Waals surface area (Å²) < 4.78 is 17.9. The molecule has 0 fully saturated rings. The minimum absolute atomic E-state index is 0.778. The van der Waals surface area contributed by atoms with Gasteiger partial charge in [-0.25, -0.2) is 0 Å². The lowest BCUT2D eigenvalue weighted by Gasteiger charge is -2.08. The van der Waals surface area contributed by atoms with E-state index in [0.29, 0.717) is 0 Å². The largest absolute Gasteiger partial charge is 0.452 e. The molecule has 0 aliphatic heterocycles. The highest BCUT2D eigenvalue weighted by Gasteiger charge is 2.19. The second-order valence-electron chi connectivity index (χ2n) is 13.7. The minimum Gasteiger partial charge on any atom is -0.452 e. The van der Waals surface area contributed by atoms with Crippen molar-refractivity contribution in [3.8, 4) is 22.5 Å². The van der Waals surface area contributed by atoms with Gasteiger partial charge in [-0.3, -0.25) is 0 Å². The standard InChI is InChI=1S/C48H28N2O2/c1-2-10-31(11-3-1)49-43-17-9-6-14-35(43)38-26-29(18-23-44(38)49)30-19-24-45-39(27-30)36-21-22-37-40-28-32(20-25-46(40)52-48(37)47(36)51-45)50-41-15-7-4-12-33(41)34-13-5-8-16-42(34)50/h1-28H. The van der Waals surface area contributed by atoms with Crippen LogP contribution in [0.3, 0.4) is 0 Å². The van der Waals surface area contributed by atoms with Crippen LogP contribution in [0, 0.1) is 0 Å². The lowest BCUT2D eigenvalue weighted by atomic mass is 10.0. The van der Waals surface area contributed by atoms with Gasteiger partial charge >= 0.3 is 0 Å². The van der Waals surface area contributed by atoms with E-state index in [9.17, 15) is 0 Å². The van der Waals surface area contributed by atoms with Gasteiger partial charge in [-0.1, -0.05) is 84.9 Å². The summed E-state index contributed by atoms with van der Waals surface area (Å²) >= 11 is 0. The molecule has 12 aromatic rings. The quantitative estimate of drug-likeness (QED) is 0.188. The molecular weight excluding hydrogens is 637 g/mol. The number of benzene rings is 8. The first-order chi connectivity index (χ1) is 25.8. The first kappa shape index (κ1) is 27.7. The third-order valence-electron chi connectivity index (χ3n) is 10.9. The number of hydrogen-bond donors (Lipinski definition) is 0. The number of aromatic nitrogens is 2. The maximum absolute atomic E-state index is 6.58. The minimum atomic E-state index is 0.778. The highest BCUT2D eigenvalue weighted by Crippen LogP contribution is 2.42. The van der Waals surface area contributed by atoms with Gasteiger partial charge in [0.25, 0.3) is 0 Å². The van der Waals surface area contributed by atoms with E-state index in [2.05, 4.69) is 179 Å². The number of fused-ring (bicyclic) bond motifs is 13. The summed E-state index contributed by atoms with van der Waals surface area (Å²) in [5, 5.41) is 9.21. The molecule has 4 heteroatoms. The molecule has 52 heavy (non-hydrogen) atoms. The highest BCUT2D eigenvalue weighted by molar-refractivity contribution is 6.20. The molecule has 12 rings (SSSR count). The zero-order valence-corrected chi connectivity index (χ0v) is 27.9. The predicted octanol–water partition coefficient (Wildman–Crippen LogP) is 13.3. The summed E-state index contributed by atoms with van der Waals surface area (Å²) in [5.41, 5.74) is 12.6. The molecule has 8 aromatic carbocycles. The monoisotopic (exact) mass is 664 g/mol. The van der Waals surface area contributed by atoms with Gasteiger partial charge in [0, 0.05) is 54.5 Å². The first-order valence-corrected chi connectivity index (χ1v) is 17.7. The second-order valence-corrected chi connectivity index (χ2v) is 13.7. The highest BCUT2D eigenvalue weighted by atomic mass is 16.4. The molecule has 0 aliphatic rings. The van der Waals surface area contributed by atoms with E-state index < -0.39 is 0 Å². The van der Waals surface area contributed by atoms with Crippen molar-refractivity contribution in [3.05, 3.63) is 170 Å². The van der Waals surface area contributed by atoms with Crippen LogP contribution in [0.1, 0.15) is 0 Å². The van der Waals surface area contributed by atoms with E-state index in [1.54, 1.807) is 0 Å². The van der Waals surface area contributed by atoms with Crippen LogP contribution in [0.15, 0.2) is 179 Å². The first-order valence-electron chi connectivity index (χ1n) is 17.7. The molecule has 0 amide bonds. The average Bonchev–Trinajstić information content (AvgIpc) is 3.95. The Morgan fingerprint density at radius 1 is 0.288 bits per heavy atom. The second kappa shape index (κ2) is 10.3. The van der Waals surface area contributed by atoms with Crippen molar-refractivity contribution in [2.45, 2.75) is 0 Å². The van der Waals surface area contributed by atoms with Crippen molar-refractivity contribution in [2.75, 3.05) is 0 Å². The van der Waals surface area contributed by atoms with Crippen LogP contribution < -0.4 is 0 Å². The van der Waals surface area contributed by atoms with Crippen molar-refractivity contribution in [3.63, 3.8) is 0 Å². The zero-order chi connectivity index (χ0) is 33.9. The van der Waals surface area contributed by atoms with Gasteiger partial charge in [0.1, 0.15) is 11.2 Å². The van der Waals surface area contributed by atoms with Crippen molar-refractivity contribution in [2.24, 2.45) is 0 Å². The Bertz CT molecular complexity index is 3360. The Kier molecular flexibility index (Phi) is 5.47. The summed E-state index contributed by atoms with van der Waals surface area (Å²) in [5.74, 6) is 0. The van der Waals surface area contributed by atoms with E-state index in [-0.39, 0.29) is 0 Å². The van der Waals surface area contributed by atoms with Crippen LogP contribution in [0.4, 0.5) is 0 Å². The molecule has 0 N–H and O–H groups in total. The molecule has 0 saturated heterocycles. The van der Waals surface area contributed by atoms with Gasteiger partial charge in [0.2, 0.25) is 0 Å². The normalized spacial score (nSPS) is 12.2. The van der Waals surface area contributed by atoms with Crippen LogP contribution in [0.5, 0.6) is 0 Å². The topological polar surface area (TPSA) is 36.1 Å². The number of nitrogens with zero attached hydrogens (tertiary/aromatic N) is 2. The fraction of sp³-hybridized carbons (Fsp3) is 0. The molecule has 242 valence electrons. The molecule has 4 aromatic heterocycles. The Balaban J connectivity index is 1.01. The zero-order valence-electron chi connectivity index (χ0n) is 27.9. The van der Waals surface area contributed by atoms with E-state index in [4.69, 9.17) is 8.83 Å². The third-order valence-corrected chi connectivity index (χ3v) is 10.9. The summed E-state index contributed by atoms with van der Waals surface area (Å²) in [6.07, 6.45) is 0. The van der Waals surface area contributed by atoms with E-state index >= 15 is 0 Å².